The van der Waals surface area contributed by atoms with Crippen molar-refractivity contribution in [3.63, 3.8) is 0 Å². The highest BCUT2D eigenvalue weighted by Crippen LogP contribution is 2.48. The Balaban J connectivity index is 1.80. The number of hydrogen-bond acceptors (Lipinski definition) is 4. The molecule has 0 fully saturated rings. The fourth-order valence-electron chi connectivity index (χ4n) is 4.37. The van der Waals surface area contributed by atoms with E-state index in [2.05, 4.69) is 34.1 Å². The second-order valence-corrected chi connectivity index (χ2v) is 8.45. The summed E-state index contributed by atoms with van der Waals surface area (Å²) in [5, 5.41) is 3.67. The van der Waals surface area contributed by atoms with Crippen LogP contribution in [-0.4, -0.2) is 26.6 Å². The quantitative estimate of drug-likeness (QED) is 0.718. The van der Waals surface area contributed by atoms with Crippen molar-refractivity contribution in [2.75, 3.05) is 5.32 Å². The van der Waals surface area contributed by atoms with Gasteiger partial charge in [-0.1, -0.05) is 27.7 Å². The van der Waals surface area contributed by atoms with Gasteiger partial charge in [0.05, 0.1) is 11.9 Å². The summed E-state index contributed by atoms with van der Waals surface area (Å²) in [6.45, 7) is 8.29. The van der Waals surface area contributed by atoms with Crippen molar-refractivity contribution in [3.8, 4) is 0 Å². The van der Waals surface area contributed by atoms with Gasteiger partial charge in [-0.3, -0.25) is 14.6 Å². The molecular weight excluding hydrogens is 340 g/mol. The number of hydrogen-bond donors (Lipinski definition) is 2. The van der Waals surface area contributed by atoms with E-state index in [1.54, 1.807) is 12.3 Å². The number of carbonyl (C=O) groups excluding carboxylic acids is 2. The molecule has 1 aliphatic carbocycles. The average Bonchev–Trinajstić information content (AvgIpc) is 2.99. The third kappa shape index (κ3) is 2.81. The second kappa shape index (κ2) is 5.74. The van der Waals surface area contributed by atoms with Crippen LogP contribution in [0.2, 0.25) is 0 Å². The third-order valence-electron chi connectivity index (χ3n) is 5.27. The number of fused-ring (bicyclic) bond motifs is 3. The van der Waals surface area contributed by atoms with E-state index in [4.69, 9.17) is 0 Å². The smallest absolute Gasteiger partial charge is 0.256 e. The number of ketones is 1. The molecule has 27 heavy (non-hydrogen) atoms. The first-order chi connectivity index (χ1) is 12.7. The molecule has 1 aliphatic rings. The SMILES string of the molecule is CC1(C)CC(C)(C)c2c([nH]c3ccc(C(=O)Nc4cnccn4)cc23)C1=O. The molecule has 0 aliphatic heterocycles. The molecule has 2 heterocycles. The lowest BCUT2D eigenvalue weighted by atomic mass is 9.63. The minimum Gasteiger partial charge on any atom is -0.352 e. The lowest BCUT2D eigenvalue weighted by Crippen LogP contribution is -2.39. The van der Waals surface area contributed by atoms with E-state index < -0.39 is 5.41 Å². The highest BCUT2D eigenvalue weighted by atomic mass is 16.1. The monoisotopic (exact) mass is 362 g/mol. The second-order valence-electron chi connectivity index (χ2n) is 8.45. The van der Waals surface area contributed by atoms with E-state index in [-0.39, 0.29) is 17.1 Å². The number of nitrogens with one attached hydrogen (secondary N) is 2. The number of Topliss-reactive ketones (excluding diaryl/α,β-unsaturated/α-hetero) is 1. The Hall–Kier alpha value is -3.02. The van der Waals surface area contributed by atoms with E-state index in [9.17, 15) is 9.59 Å². The van der Waals surface area contributed by atoms with E-state index in [1.807, 2.05) is 26.0 Å². The van der Waals surface area contributed by atoms with E-state index in [0.29, 0.717) is 17.1 Å². The first-order valence-corrected chi connectivity index (χ1v) is 8.97. The van der Waals surface area contributed by atoms with E-state index >= 15 is 0 Å². The van der Waals surface area contributed by atoms with Gasteiger partial charge in [0.2, 0.25) is 0 Å². The number of aromatic amines is 1. The number of benzene rings is 1. The third-order valence-corrected chi connectivity index (χ3v) is 5.27. The summed E-state index contributed by atoms with van der Waals surface area (Å²) >= 11 is 0. The molecule has 0 unspecified atom stereocenters. The number of aromatic nitrogens is 3. The van der Waals surface area contributed by atoms with Crippen molar-refractivity contribution >= 4 is 28.4 Å². The van der Waals surface area contributed by atoms with Crippen molar-refractivity contribution in [2.45, 2.75) is 39.5 Å². The highest BCUT2D eigenvalue weighted by Gasteiger charge is 2.45. The minimum atomic E-state index is -0.413. The van der Waals surface area contributed by atoms with Crippen LogP contribution in [0.1, 0.15) is 60.5 Å². The Morgan fingerprint density at radius 3 is 2.63 bits per heavy atom. The molecule has 0 saturated carbocycles. The lowest BCUT2D eigenvalue weighted by molar-refractivity contribution is 0.0760. The topological polar surface area (TPSA) is 87.7 Å². The maximum atomic E-state index is 12.9. The van der Waals surface area contributed by atoms with Gasteiger partial charge in [0.25, 0.3) is 5.91 Å². The predicted octanol–water partition coefficient (Wildman–Crippen LogP) is 4.10. The Kier molecular flexibility index (Phi) is 3.70. The zero-order valence-electron chi connectivity index (χ0n) is 15.9. The van der Waals surface area contributed by atoms with Gasteiger partial charge in [0.15, 0.2) is 11.6 Å². The lowest BCUT2D eigenvalue weighted by Gasteiger charge is -2.39. The Bertz CT molecular complexity index is 1060. The van der Waals surface area contributed by atoms with Crippen LogP contribution < -0.4 is 5.32 Å². The van der Waals surface area contributed by atoms with E-state index in [0.717, 1.165) is 22.9 Å². The molecule has 6 heteroatoms. The van der Waals surface area contributed by atoms with Crippen LogP contribution in [0.25, 0.3) is 10.9 Å². The van der Waals surface area contributed by atoms with Crippen LogP contribution in [0.5, 0.6) is 0 Å². The first kappa shape index (κ1) is 17.4. The maximum absolute atomic E-state index is 12.9. The molecule has 1 amide bonds. The summed E-state index contributed by atoms with van der Waals surface area (Å²) < 4.78 is 0. The van der Waals surface area contributed by atoms with Crippen molar-refractivity contribution in [1.29, 1.82) is 0 Å². The summed E-state index contributed by atoms with van der Waals surface area (Å²) in [4.78, 5) is 36.9. The van der Waals surface area contributed by atoms with Crippen LogP contribution in [0.15, 0.2) is 36.8 Å². The van der Waals surface area contributed by atoms with Crippen LogP contribution in [0, 0.1) is 5.41 Å². The van der Waals surface area contributed by atoms with Gasteiger partial charge < -0.3 is 10.3 Å². The normalized spacial score (nSPS) is 17.6. The Morgan fingerprint density at radius 2 is 1.93 bits per heavy atom. The van der Waals surface area contributed by atoms with Crippen molar-refractivity contribution in [3.05, 3.63) is 53.6 Å². The molecule has 0 spiro atoms. The highest BCUT2D eigenvalue weighted by molar-refractivity contribution is 6.10. The molecule has 0 saturated heterocycles. The molecular formula is C21H22N4O2. The molecule has 0 bridgehead atoms. The number of rotatable bonds is 2. The molecule has 0 atom stereocenters. The fourth-order valence-corrected chi connectivity index (χ4v) is 4.37. The molecule has 2 N–H and O–H groups in total. The largest absolute Gasteiger partial charge is 0.352 e. The van der Waals surface area contributed by atoms with Crippen molar-refractivity contribution < 1.29 is 9.59 Å². The summed E-state index contributed by atoms with van der Waals surface area (Å²) in [6, 6.07) is 5.46. The molecule has 138 valence electrons. The fraction of sp³-hybridized carbons (Fsp3) is 0.333. The molecule has 4 rings (SSSR count). The average molecular weight is 362 g/mol. The van der Waals surface area contributed by atoms with E-state index in [1.165, 1.54) is 12.4 Å². The maximum Gasteiger partial charge on any atom is 0.256 e. The summed E-state index contributed by atoms with van der Waals surface area (Å²) in [5.41, 5.74) is 2.46. The van der Waals surface area contributed by atoms with Crippen molar-refractivity contribution in [2.24, 2.45) is 5.41 Å². The number of anilines is 1. The van der Waals surface area contributed by atoms with Gasteiger partial charge in [0, 0.05) is 34.3 Å². The summed E-state index contributed by atoms with van der Waals surface area (Å²) in [6.07, 6.45) is 5.33. The summed E-state index contributed by atoms with van der Waals surface area (Å²) in [7, 11) is 0. The summed E-state index contributed by atoms with van der Waals surface area (Å²) in [5.74, 6) is 0.266. The Labute approximate surface area is 157 Å². The number of H-pyrrole nitrogens is 1. The minimum absolute atomic E-state index is 0.124. The molecule has 1 aromatic carbocycles. The number of amides is 1. The van der Waals surface area contributed by atoms with Crippen LogP contribution >= 0.6 is 0 Å². The molecule has 3 aromatic rings. The predicted molar refractivity (Wildman–Crippen MR) is 104 cm³/mol. The molecule has 6 nitrogen and oxygen atoms in total. The molecule has 0 radical (unpaired) electrons. The number of nitrogens with zero attached hydrogens (tertiary/aromatic N) is 2. The van der Waals surface area contributed by atoms with Crippen molar-refractivity contribution in [1.82, 2.24) is 15.0 Å². The van der Waals surface area contributed by atoms with Crippen LogP contribution in [0.4, 0.5) is 5.82 Å². The Morgan fingerprint density at radius 1 is 1.15 bits per heavy atom. The number of carbonyl (C=O) groups is 2. The molecule has 2 aromatic heterocycles. The van der Waals surface area contributed by atoms with Gasteiger partial charge in [-0.15, -0.1) is 0 Å². The van der Waals surface area contributed by atoms with Gasteiger partial charge in [-0.2, -0.15) is 0 Å². The van der Waals surface area contributed by atoms with Crippen LogP contribution in [-0.2, 0) is 5.41 Å². The van der Waals surface area contributed by atoms with Crippen LogP contribution in [0.3, 0.4) is 0 Å². The van der Waals surface area contributed by atoms with Gasteiger partial charge in [0.1, 0.15) is 0 Å². The van der Waals surface area contributed by atoms with Gasteiger partial charge >= 0.3 is 0 Å². The van der Waals surface area contributed by atoms with Gasteiger partial charge in [-0.05, 0) is 35.6 Å². The zero-order chi connectivity index (χ0) is 19.4. The zero-order valence-corrected chi connectivity index (χ0v) is 15.9. The standard InChI is InChI=1S/C21H22N4O2/c1-20(2)11-21(3,4)18(26)17-16(20)13-9-12(5-6-14(13)24-17)19(27)25-15-10-22-7-8-23-15/h5-10,24H,11H2,1-4H3,(H,23,25,27). The first-order valence-electron chi connectivity index (χ1n) is 8.97. The van der Waals surface area contributed by atoms with Gasteiger partial charge in [-0.25, -0.2) is 4.98 Å².